The van der Waals surface area contributed by atoms with Gasteiger partial charge in [0.1, 0.15) is 6.10 Å². The molecule has 3 rings (SSSR count). The van der Waals surface area contributed by atoms with Gasteiger partial charge in [-0.05, 0) is 25.7 Å². The molecule has 2 heteroatoms. The van der Waals surface area contributed by atoms with E-state index in [0.29, 0.717) is 0 Å². The van der Waals surface area contributed by atoms with Crippen molar-refractivity contribution in [3.05, 3.63) is 0 Å². The molecule has 3 aliphatic carbocycles. The SMILES string of the molecule is O=C1C(O)C23CCCCC12CCCC3. The topological polar surface area (TPSA) is 37.3 Å². The Bertz CT molecular complexity index is 270. The fourth-order valence-corrected chi connectivity index (χ4v) is 4.42. The molecule has 14 heavy (non-hydrogen) atoms. The van der Waals surface area contributed by atoms with Crippen molar-refractivity contribution in [3.63, 3.8) is 0 Å². The highest BCUT2D eigenvalue weighted by Crippen LogP contribution is 2.68. The summed E-state index contributed by atoms with van der Waals surface area (Å²) in [4.78, 5) is 11.9. The first kappa shape index (κ1) is 8.90. The largest absolute Gasteiger partial charge is 0.385 e. The number of hydrogen-bond acceptors (Lipinski definition) is 2. The smallest absolute Gasteiger partial charge is 0.168 e. The molecule has 3 saturated carbocycles. The van der Waals surface area contributed by atoms with Crippen LogP contribution in [0, 0.1) is 10.8 Å². The van der Waals surface area contributed by atoms with Gasteiger partial charge < -0.3 is 5.11 Å². The molecule has 1 unspecified atom stereocenters. The maximum absolute atomic E-state index is 11.9. The highest BCUT2D eigenvalue weighted by Gasteiger charge is 2.71. The summed E-state index contributed by atoms with van der Waals surface area (Å²) in [6.45, 7) is 0. The molecule has 3 fully saturated rings. The first-order valence-electron chi connectivity index (χ1n) is 5.95. The number of rotatable bonds is 0. The Labute approximate surface area is 84.7 Å². The molecule has 0 bridgehead atoms. The van der Waals surface area contributed by atoms with Crippen LogP contribution >= 0.6 is 0 Å². The Morgan fingerprint density at radius 1 is 1.00 bits per heavy atom. The van der Waals surface area contributed by atoms with Gasteiger partial charge >= 0.3 is 0 Å². The summed E-state index contributed by atoms with van der Waals surface area (Å²) < 4.78 is 0. The molecule has 1 atom stereocenters. The van der Waals surface area contributed by atoms with Crippen molar-refractivity contribution < 1.29 is 9.90 Å². The second-order valence-corrected chi connectivity index (χ2v) is 5.42. The molecule has 0 aliphatic heterocycles. The fourth-order valence-electron chi connectivity index (χ4n) is 4.42. The maximum Gasteiger partial charge on any atom is 0.168 e. The molecular weight excluding hydrogens is 176 g/mol. The van der Waals surface area contributed by atoms with Crippen LogP contribution in [0.15, 0.2) is 0 Å². The molecule has 0 aromatic rings. The number of Topliss-reactive ketones (excluding diaryl/α,β-unsaturated/α-hetero) is 1. The maximum atomic E-state index is 11.9. The lowest BCUT2D eigenvalue weighted by atomic mass is 9.37. The van der Waals surface area contributed by atoms with E-state index in [1.54, 1.807) is 0 Å². The molecule has 1 N–H and O–H groups in total. The van der Waals surface area contributed by atoms with E-state index in [4.69, 9.17) is 0 Å². The molecule has 0 aromatic carbocycles. The van der Waals surface area contributed by atoms with Crippen molar-refractivity contribution in [1.82, 2.24) is 0 Å². The van der Waals surface area contributed by atoms with Gasteiger partial charge in [-0.25, -0.2) is 0 Å². The van der Waals surface area contributed by atoms with Crippen molar-refractivity contribution in [2.75, 3.05) is 0 Å². The van der Waals surface area contributed by atoms with Crippen LogP contribution in [0.4, 0.5) is 0 Å². The summed E-state index contributed by atoms with van der Waals surface area (Å²) in [6.07, 6.45) is 8.52. The zero-order chi connectivity index (χ0) is 9.81. The lowest BCUT2D eigenvalue weighted by Crippen LogP contribution is -2.71. The van der Waals surface area contributed by atoms with Crippen LogP contribution in [0.1, 0.15) is 51.4 Å². The monoisotopic (exact) mass is 194 g/mol. The Kier molecular flexibility index (Phi) is 1.65. The first-order valence-corrected chi connectivity index (χ1v) is 5.95. The molecule has 3 aliphatic rings. The normalized spacial score (nSPS) is 51.8. The lowest BCUT2D eigenvalue weighted by molar-refractivity contribution is -0.218. The van der Waals surface area contributed by atoms with Gasteiger partial charge in [-0.15, -0.1) is 0 Å². The van der Waals surface area contributed by atoms with Crippen LogP contribution < -0.4 is 0 Å². The van der Waals surface area contributed by atoms with E-state index < -0.39 is 6.10 Å². The second-order valence-electron chi connectivity index (χ2n) is 5.42. The number of carbonyl (C=O) groups is 1. The van der Waals surface area contributed by atoms with E-state index in [1.165, 1.54) is 25.7 Å². The van der Waals surface area contributed by atoms with Gasteiger partial charge in [-0.3, -0.25) is 4.79 Å². The molecule has 78 valence electrons. The lowest BCUT2D eigenvalue weighted by Gasteiger charge is -2.66. The van der Waals surface area contributed by atoms with Crippen molar-refractivity contribution in [2.24, 2.45) is 10.8 Å². The third kappa shape index (κ3) is 0.723. The molecule has 2 nitrogen and oxygen atoms in total. The van der Waals surface area contributed by atoms with E-state index >= 15 is 0 Å². The van der Waals surface area contributed by atoms with Crippen molar-refractivity contribution in [2.45, 2.75) is 57.5 Å². The zero-order valence-electron chi connectivity index (χ0n) is 8.59. The number of aliphatic hydroxyl groups excluding tert-OH is 1. The van der Waals surface area contributed by atoms with Crippen molar-refractivity contribution in [3.8, 4) is 0 Å². The minimum atomic E-state index is -0.608. The number of carbonyl (C=O) groups excluding carboxylic acids is 1. The van der Waals surface area contributed by atoms with E-state index in [0.717, 1.165) is 25.7 Å². The molecule has 0 amide bonds. The number of hydrogen-bond donors (Lipinski definition) is 1. The third-order valence-electron chi connectivity index (χ3n) is 5.15. The summed E-state index contributed by atoms with van der Waals surface area (Å²) in [5.74, 6) is 0.178. The standard InChI is InChI=1S/C12H18O2/c13-9-10(14)12-6-2-1-5-11(9,12)7-3-4-8-12/h9,13H,1-8H2. The van der Waals surface area contributed by atoms with Gasteiger partial charge in [-0.1, -0.05) is 25.7 Å². The molecule has 0 spiro atoms. The molecule has 0 radical (unpaired) electrons. The van der Waals surface area contributed by atoms with Crippen LogP contribution in [0.3, 0.4) is 0 Å². The van der Waals surface area contributed by atoms with Crippen LogP contribution in [-0.2, 0) is 4.79 Å². The Hall–Kier alpha value is -0.370. The molecule has 0 saturated heterocycles. The van der Waals surface area contributed by atoms with Crippen LogP contribution in [0.25, 0.3) is 0 Å². The second kappa shape index (κ2) is 2.60. The highest BCUT2D eigenvalue weighted by molar-refractivity contribution is 5.97. The van der Waals surface area contributed by atoms with E-state index in [1.807, 2.05) is 0 Å². The predicted molar refractivity (Wildman–Crippen MR) is 52.8 cm³/mol. The summed E-state index contributed by atoms with van der Waals surface area (Å²) in [6, 6.07) is 0. The summed E-state index contributed by atoms with van der Waals surface area (Å²) >= 11 is 0. The third-order valence-corrected chi connectivity index (χ3v) is 5.15. The van der Waals surface area contributed by atoms with Crippen LogP contribution in [0.5, 0.6) is 0 Å². The summed E-state index contributed by atoms with van der Waals surface area (Å²) in [7, 11) is 0. The zero-order valence-corrected chi connectivity index (χ0v) is 8.59. The Morgan fingerprint density at radius 2 is 1.50 bits per heavy atom. The quantitative estimate of drug-likeness (QED) is 0.641. The minimum absolute atomic E-state index is 0.0284. The first-order chi connectivity index (χ1) is 6.73. The molecular formula is C12H18O2. The highest BCUT2D eigenvalue weighted by atomic mass is 16.3. The van der Waals surface area contributed by atoms with Gasteiger partial charge in [0.05, 0.1) is 0 Å². The van der Waals surface area contributed by atoms with Gasteiger partial charge in [0.2, 0.25) is 0 Å². The summed E-state index contributed by atoms with van der Waals surface area (Å²) in [5.41, 5.74) is -0.0382. The predicted octanol–water partition coefficient (Wildman–Crippen LogP) is 2.05. The number of ketones is 1. The average molecular weight is 194 g/mol. The average Bonchev–Trinajstić information content (AvgIpc) is 2.26. The van der Waals surface area contributed by atoms with Gasteiger partial charge in [0, 0.05) is 10.8 Å². The van der Waals surface area contributed by atoms with E-state index in [2.05, 4.69) is 0 Å². The van der Waals surface area contributed by atoms with Crippen molar-refractivity contribution >= 4 is 5.78 Å². The van der Waals surface area contributed by atoms with Gasteiger partial charge in [0.25, 0.3) is 0 Å². The fraction of sp³-hybridized carbons (Fsp3) is 0.917. The van der Waals surface area contributed by atoms with Crippen LogP contribution in [-0.4, -0.2) is 17.0 Å². The van der Waals surface area contributed by atoms with Gasteiger partial charge in [0.15, 0.2) is 5.78 Å². The molecule has 0 aromatic heterocycles. The Balaban J connectivity index is 2.02. The van der Waals surface area contributed by atoms with E-state index in [-0.39, 0.29) is 16.6 Å². The van der Waals surface area contributed by atoms with Crippen molar-refractivity contribution in [1.29, 1.82) is 0 Å². The minimum Gasteiger partial charge on any atom is -0.385 e. The number of aliphatic hydroxyl groups is 1. The van der Waals surface area contributed by atoms with E-state index in [9.17, 15) is 9.90 Å². The molecule has 0 heterocycles. The Morgan fingerprint density at radius 3 is 2.00 bits per heavy atom. The van der Waals surface area contributed by atoms with Gasteiger partial charge in [-0.2, -0.15) is 0 Å². The van der Waals surface area contributed by atoms with Crippen LogP contribution in [0.2, 0.25) is 0 Å². The summed E-state index contributed by atoms with van der Waals surface area (Å²) in [5, 5.41) is 9.94.